The van der Waals surface area contributed by atoms with Crippen LogP contribution < -0.4 is 5.73 Å². The molecule has 1 aromatic heterocycles. The van der Waals surface area contributed by atoms with Gasteiger partial charge in [-0.15, -0.1) is 0 Å². The Bertz CT molecular complexity index is 376. The topological polar surface area (TPSA) is 75.0 Å². The Morgan fingerprint density at radius 2 is 2.33 bits per heavy atom. The second-order valence-electron chi connectivity index (χ2n) is 5.19. The van der Waals surface area contributed by atoms with Gasteiger partial charge in [-0.25, -0.2) is 0 Å². The van der Waals surface area contributed by atoms with Gasteiger partial charge in [-0.05, 0) is 25.3 Å². The number of rotatable bonds is 4. The summed E-state index contributed by atoms with van der Waals surface area (Å²) >= 11 is 0. The first-order valence-corrected chi connectivity index (χ1v) is 6.65. The number of hydrogen-bond acceptors (Lipinski definition) is 3. The van der Waals surface area contributed by atoms with E-state index in [0.29, 0.717) is 19.0 Å². The van der Waals surface area contributed by atoms with E-state index in [0.717, 1.165) is 24.8 Å². The van der Waals surface area contributed by atoms with E-state index >= 15 is 0 Å². The molecule has 1 aromatic rings. The Labute approximate surface area is 108 Å². The van der Waals surface area contributed by atoms with Crippen molar-refractivity contribution in [3.63, 3.8) is 0 Å². The third-order valence-electron chi connectivity index (χ3n) is 3.88. The van der Waals surface area contributed by atoms with Gasteiger partial charge in [0.2, 0.25) is 5.91 Å². The lowest BCUT2D eigenvalue weighted by Crippen LogP contribution is -2.40. The zero-order valence-corrected chi connectivity index (χ0v) is 10.9. The molecule has 0 radical (unpaired) electrons. The highest BCUT2D eigenvalue weighted by Gasteiger charge is 2.31. The molecular weight excluding hydrogens is 228 g/mol. The Morgan fingerprint density at radius 3 is 3.00 bits per heavy atom. The van der Waals surface area contributed by atoms with E-state index in [1.807, 2.05) is 13.2 Å². The van der Waals surface area contributed by atoms with E-state index in [2.05, 4.69) is 10.2 Å². The third kappa shape index (κ3) is 2.90. The fourth-order valence-corrected chi connectivity index (χ4v) is 2.81. The maximum atomic E-state index is 12.4. The van der Waals surface area contributed by atoms with Crippen molar-refractivity contribution in [2.75, 3.05) is 13.6 Å². The molecule has 0 aromatic carbocycles. The number of nitrogens with two attached hydrogens (primary N) is 1. The van der Waals surface area contributed by atoms with Gasteiger partial charge in [0, 0.05) is 31.3 Å². The second-order valence-corrected chi connectivity index (χ2v) is 5.19. The van der Waals surface area contributed by atoms with E-state index < -0.39 is 0 Å². The van der Waals surface area contributed by atoms with E-state index in [4.69, 9.17) is 5.73 Å². The molecule has 1 fully saturated rings. The molecule has 1 heterocycles. The summed E-state index contributed by atoms with van der Waals surface area (Å²) in [6.07, 6.45) is 8.00. The van der Waals surface area contributed by atoms with Gasteiger partial charge in [-0.3, -0.25) is 9.89 Å². The van der Waals surface area contributed by atoms with Crippen LogP contribution in [0.15, 0.2) is 12.4 Å². The van der Waals surface area contributed by atoms with E-state index in [9.17, 15) is 4.79 Å². The molecular formula is C13H22N4O. The summed E-state index contributed by atoms with van der Waals surface area (Å²) in [5, 5.41) is 6.66. The summed E-state index contributed by atoms with van der Waals surface area (Å²) in [5.74, 6) is 0.699. The number of carbonyl (C=O) groups is 1. The predicted molar refractivity (Wildman–Crippen MR) is 69.6 cm³/mol. The monoisotopic (exact) mass is 250 g/mol. The summed E-state index contributed by atoms with van der Waals surface area (Å²) in [6.45, 7) is 1.24. The highest BCUT2D eigenvalue weighted by molar-refractivity contribution is 5.79. The van der Waals surface area contributed by atoms with Crippen LogP contribution in [0, 0.1) is 11.8 Å². The lowest BCUT2D eigenvalue weighted by atomic mass is 9.78. The number of H-pyrrole nitrogens is 1. The minimum Gasteiger partial charge on any atom is -0.341 e. The Kier molecular flexibility index (Phi) is 4.36. The predicted octanol–water partition coefficient (Wildman–Crippen LogP) is 1.13. The Balaban J connectivity index is 1.96. The number of nitrogens with one attached hydrogen (secondary N) is 1. The standard InChI is InChI=1S/C13H22N4O/c1-17(9-10-7-15-16-8-10)13(18)12-5-3-2-4-11(12)6-14/h7-8,11-12H,2-6,9,14H2,1H3,(H,15,16). The van der Waals surface area contributed by atoms with Gasteiger partial charge in [0.15, 0.2) is 0 Å². The number of amides is 1. The average molecular weight is 250 g/mol. The first-order valence-electron chi connectivity index (χ1n) is 6.65. The van der Waals surface area contributed by atoms with Crippen LogP contribution in [0.5, 0.6) is 0 Å². The molecule has 2 unspecified atom stereocenters. The zero-order chi connectivity index (χ0) is 13.0. The number of carbonyl (C=O) groups excluding carboxylic acids is 1. The van der Waals surface area contributed by atoms with Gasteiger partial charge in [-0.1, -0.05) is 12.8 Å². The molecule has 1 aliphatic rings. The van der Waals surface area contributed by atoms with Crippen LogP contribution >= 0.6 is 0 Å². The fourth-order valence-electron chi connectivity index (χ4n) is 2.81. The minimum absolute atomic E-state index is 0.112. The van der Waals surface area contributed by atoms with Crippen molar-refractivity contribution in [3.8, 4) is 0 Å². The Hall–Kier alpha value is -1.36. The fraction of sp³-hybridized carbons (Fsp3) is 0.692. The largest absolute Gasteiger partial charge is 0.341 e. The molecule has 0 saturated heterocycles. The SMILES string of the molecule is CN(Cc1cn[nH]c1)C(=O)C1CCCCC1CN. The van der Waals surface area contributed by atoms with Gasteiger partial charge in [0.1, 0.15) is 0 Å². The van der Waals surface area contributed by atoms with Crippen molar-refractivity contribution >= 4 is 5.91 Å². The molecule has 3 N–H and O–H groups in total. The number of hydrogen-bond donors (Lipinski definition) is 2. The molecule has 0 spiro atoms. The first kappa shape index (κ1) is 13.1. The van der Waals surface area contributed by atoms with Gasteiger partial charge < -0.3 is 10.6 Å². The van der Waals surface area contributed by atoms with Gasteiger partial charge in [0.25, 0.3) is 0 Å². The van der Waals surface area contributed by atoms with E-state index in [1.165, 1.54) is 6.42 Å². The molecule has 2 rings (SSSR count). The van der Waals surface area contributed by atoms with E-state index in [-0.39, 0.29) is 11.8 Å². The van der Waals surface area contributed by atoms with Crippen molar-refractivity contribution in [2.45, 2.75) is 32.2 Å². The van der Waals surface area contributed by atoms with Crippen molar-refractivity contribution in [3.05, 3.63) is 18.0 Å². The summed E-state index contributed by atoms with van der Waals surface area (Å²) in [7, 11) is 1.86. The normalized spacial score (nSPS) is 23.9. The third-order valence-corrected chi connectivity index (χ3v) is 3.88. The van der Waals surface area contributed by atoms with Gasteiger partial charge >= 0.3 is 0 Å². The van der Waals surface area contributed by atoms with Crippen molar-refractivity contribution < 1.29 is 4.79 Å². The highest BCUT2D eigenvalue weighted by atomic mass is 16.2. The average Bonchev–Trinajstić information content (AvgIpc) is 2.90. The van der Waals surface area contributed by atoms with E-state index in [1.54, 1.807) is 11.1 Å². The van der Waals surface area contributed by atoms with Crippen LogP contribution in [0.4, 0.5) is 0 Å². The molecule has 2 atom stereocenters. The number of aromatic nitrogens is 2. The minimum atomic E-state index is 0.112. The Morgan fingerprint density at radius 1 is 1.56 bits per heavy atom. The smallest absolute Gasteiger partial charge is 0.226 e. The molecule has 100 valence electrons. The zero-order valence-electron chi connectivity index (χ0n) is 10.9. The van der Waals surface area contributed by atoms with Crippen LogP contribution in [0.1, 0.15) is 31.2 Å². The molecule has 5 nitrogen and oxygen atoms in total. The second kappa shape index (κ2) is 6.00. The molecule has 1 aliphatic carbocycles. The highest BCUT2D eigenvalue weighted by Crippen LogP contribution is 2.30. The van der Waals surface area contributed by atoms with Crippen LogP contribution in [-0.4, -0.2) is 34.6 Å². The van der Waals surface area contributed by atoms with Crippen molar-refractivity contribution in [1.29, 1.82) is 0 Å². The molecule has 1 amide bonds. The number of aromatic amines is 1. The summed E-state index contributed by atoms with van der Waals surface area (Å²) in [5.41, 5.74) is 6.82. The van der Waals surface area contributed by atoms with Gasteiger partial charge in [0.05, 0.1) is 6.20 Å². The molecule has 1 saturated carbocycles. The maximum absolute atomic E-state index is 12.4. The first-order chi connectivity index (χ1) is 8.72. The van der Waals surface area contributed by atoms with Crippen LogP contribution in [0.25, 0.3) is 0 Å². The lowest BCUT2D eigenvalue weighted by molar-refractivity contribution is -0.137. The van der Waals surface area contributed by atoms with Crippen LogP contribution in [-0.2, 0) is 11.3 Å². The molecule has 5 heteroatoms. The van der Waals surface area contributed by atoms with Crippen LogP contribution in [0.3, 0.4) is 0 Å². The molecule has 18 heavy (non-hydrogen) atoms. The summed E-state index contributed by atoms with van der Waals surface area (Å²) in [6, 6.07) is 0. The van der Waals surface area contributed by atoms with Crippen LogP contribution in [0.2, 0.25) is 0 Å². The van der Waals surface area contributed by atoms with Crippen molar-refractivity contribution in [1.82, 2.24) is 15.1 Å². The summed E-state index contributed by atoms with van der Waals surface area (Å²) < 4.78 is 0. The number of nitrogens with zero attached hydrogens (tertiary/aromatic N) is 2. The molecule has 0 aliphatic heterocycles. The quantitative estimate of drug-likeness (QED) is 0.841. The van der Waals surface area contributed by atoms with Gasteiger partial charge in [-0.2, -0.15) is 5.10 Å². The molecule has 0 bridgehead atoms. The lowest BCUT2D eigenvalue weighted by Gasteiger charge is -2.32. The summed E-state index contributed by atoms with van der Waals surface area (Å²) in [4.78, 5) is 14.2. The van der Waals surface area contributed by atoms with Crippen molar-refractivity contribution in [2.24, 2.45) is 17.6 Å². The maximum Gasteiger partial charge on any atom is 0.226 e.